The molecule has 78 valence electrons. The minimum Gasteiger partial charge on any atom is -0.481 e. The molecule has 1 rings (SSSR count). The lowest BCUT2D eigenvalue weighted by Crippen LogP contribution is -2.00. The summed E-state index contributed by atoms with van der Waals surface area (Å²) in [6.45, 7) is 6.40. The van der Waals surface area contributed by atoms with Gasteiger partial charge in [0.2, 0.25) is 5.88 Å². The van der Waals surface area contributed by atoms with Gasteiger partial charge in [0.1, 0.15) is 0 Å². The normalized spacial score (nSPS) is 12.6. The molecule has 0 bridgehead atoms. The van der Waals surface area contributed by atoms with Gasteiger partial charge in [-0.3, -0.25) is 0 Å². The van der Waals surface area contributed by atoms with Crippen molar-refractivity contribution in [2.75, 3.05) is 7.11 Å². The zero-order valence-electron chi connectivity index (χ0n) is 9.50. The third kappa shape index (κ3) is 2.47. The summed E-state index contributed by atoms with van der Waals surface area (Å²) in [6, 6.07) is 4.17. The number of hydrogen-bond donors (Lipinski definition) is 0. The minimum atomic E-state index is 0.531. The van der Waals surface area contributed by atoms with Crippen LogP contribution in [-0.2, 0) is 0 Å². The lowest BCUT2D eigenvalue weighted by atomic mass is 9.97. The molecule has 0 amide bonds. The predicted molar refractivity (Wildman–Crippen MR) is 58.8 cm³/mol. The van der Waals surface area contributed by atoms with Crippen molar-refractivity contribution in [2.45, 2.75) is 39.5 Å². The molecule has 1 aromatic rings. The van der Waals surface area contributed by atoms with Gasteiger partial charge < -0.3 is 4.74 Å². The Morgan fingerprint density at radius 3 is 2.71 bits per heavy atom. The van der Waals surface area contributed by atoms with Gasteiger partial charge >= 0.3 is 0 Å². The molecule has 0 fully saturated rings. The fraction of sp³-hybridized carbons (Fsp3) is 0.583. The smallest absolute Gasteiger partial charge is 0.216 e. The lowest BCUT2D eigenvalue weighted by Gasteiger charge is -2.14. The van der Waals surface area contributed by atoms with Crippen molar-refractivity contribution in [3.8, 4) is 5.88 Å². The Kier molecular flexibility index (Phi) is 3.93. The summed E-state index contributed by atoms with van der Waals surface area (Å²) in [5.41, 5.74) is 2.23. The van der Waals surface area contributed by atoms with E-state index in [0.29, 0.717) is 5.92 Å². The van der Waals surface area contributed by atoms with Gasteiger partial charge in [0.05, 0.1) is 7.11 Å². The number of rotatable bonds is 4. The average molecular weight is 193 g/mol. The third-order valence-corrected chi connectivity index (χ3v) is 2.47. The number of nitrogens with zero attached hydrogens (tertiary/aromatic N) is 1. The standard InChI is InChI=1S/C12H19NO/c1-5-6-9(2)11-8-7-10(3)13-12(11)14-4/h7-9H,5-6H2,1-4H3. The summed E-state index contributed by atoms with van der Waals surface area (Å²) in [5.74, 6) is 1.31. The van der Waals surface area contributed by atoms with E-state index in [4.69, 9.17) is 4.74 Å². The van der Waals surface area contributed by atoms with E-state index in [1.54, 1.807) is 7.11 Å². The molecule has 0 N–H and O–H groups in total. The molecule has 2 nitrogen and oxygen atoms in total. The van der Waals surface area contributed by atoms with Gasteiger partial charge in [-0.25, -0.2) is 4.98 Å². The predicted octanol–water partition coefficient (Wildman–Crippen LogP) is 3.30. The van der Waals surface area contributed by atoms with E-state index in [1.807, 2.05) is 13.0 Å². The number of ether oxygens (including phenoxy) is 1. The van der Waals surface area contributed by atoms with E-state index >= 15 is 0 Å². The molecule has 0 radical (unpaired) electrons. The van der Waals surface area contributed by atoms with Crippen molar-refractivity contribution < 1.29 is 4.74 Å². The third-order valence-electron chi connectivity index (χ3n) is 2.47. The highest BCUT2D eigenvalue weighted by molar-refractivity contribution is 5.30. The van der Waals surface area contributed by atoms with Crippen molar-refractivity contribution in [2.24, 2.45) is 0 Å². The van der Waals surface area contributed by atoms with Crippen molar-refractivity contribution in [3.05, 3.63) is 23.4 Å². The Bertz CT molecular complexity index is 296. The highest BCUT2D eigenvalue weighted by atomic mass is 16.5. The van der Waals surface area contributed by atoms with Crippen LogP contribution in [0.15, 0.2) is 12.1 Å². The molecule has 1 heterocycles. The SMILES string of the molecule is CCCC(C)c1ccc(C)nc1OC. The van der Waals surface area contributed by atoms with Gasteiger partial charge in [-0.2, -0.15) is 0 Å². The lowest BCUT2D eigenvalue weighted by molar-refractivity contribution is 0.387. The molecule has 0 aliphatic rings. The Morgan fingerprint density at radius 1 is 1.43 bits per heavy atom. The first-order chi connectivity index (χ1) is 6.69. The molecule has 0 aliphatic carbocycles. The topological polar surface area (TPSA) is 22.1 Å². The van der Waals surface area contributed by atoms with Crippen LogP contribution in [0.25, 0.3) is 0 Å². The number of pyridine rings is 1. The maximum atomic E-state index is 5.28. The van der Waals surface area contributed by atoms with Crippen molar-refractivity contribution in [1.82, 2.24) is 4.98 Å². The zero-order chi connectivity index (χ0) is 10.6. The van der Waals surface area contributed by atoms with Crippen LogP contribution in [-0.4, -0.2) is 12.1 Å². The molecule has 2 heteroatoms. The Morgan fingerprint density at radius 2 is 2.14 bits per heavy atom. The van der Waals surface area contributed by atoms with Crippen LogP contribution in [0.4, 0.5) is 0 Å². The first-order valence-electron chi connectivity index (χ1n) is 5.20. The number of aryl methyl sites for hydroxylation is 1. The molecule has 0 spiro atoms. The molecule has 1 atom stereocenters. The van der Waals surface area contributed by atoms with E-state index in [0.717, 1.165) is 11.6 Å². The van der Waals surface area contributed by atoms with Crippen LogP contribution in [0.1, 0.15) is 43.9 Å². The first-order valence-corrected chi connectivity index (χ1v) is 5.20. The van der Waals surface area contributed by atoms with Crippen molar-refractivity contribution >= 4 is 0 Å². The van der Waals surface area contributed by atoms with Gasteiger partial charge in [-0.05, 0) is 25.3 Å². The van der Waals surface area contributed by atoms with Crippen LogP contribution < -0.4 is 4.74 Å². The van der Waals surface area contributed by atoms with Gasteiger partial charge in [0.25, 0.3) is 0 Å². The molecule has 0 saturated heterocycles. The van der Waals surface area contributed by atoms with Crippen LogP contribution in [0.3, 0.4) is 0 Å². The molecule has 1 unspecified atom stereocenters. The summed E-state index contributed by atoms with van der Waals surface area (Å²) >= 11 is 0. The fourth-order valence-electron chi connectivity index (χ4n) is 1.67. The van der Waals surface area contributed by atoms with Gasteiger partial charge in [-0.1, -0.05) is 26.3 Å². The van der Waals surface area contributed by atoms with Crippen LogP contribution in [0, 0.1) is 6.92 Å². The summed E-state index contributed by atoms with van der Waals surface area (Å²) in [7, 11) is 1.68. The second-order valence-corrected chi connectivity index (χ2v) is 3.74. The van der Waals surface area contributed by atoms with Crippen molar-refractivity contribution in [1.29, 1.82) is 0 Å². The summed E-state index contributed by atoms with van der Waals surface area (Å²) in [5, 5.41) is 0. The van der Waals surface area contributed by atoms with Gasteiger partial charge in [0, 0.05) is 11.3 Å². The van der Waals surface area contributed by atoms with E-state index in [-0.39, 0.29) is 0 Å². The Labute approximate surface area is 86.3 Å². The molecule has 0 saturated carbocycles. The summed E-state index contributed by atoms with van der Waals surface area (Å²) < 4.78 is 5.28. The largest absolute Gasteiger partial charge is 0.481 e. The molecule has 1 aromatic heterocycles. The van der Waals surface area contributed by atoms with E-state index in [9.17, 15) is 0 Å². The zero-order valence-corrected chi connectivity index (χ0v) is 9.50. The van der Waals surface area contributed by atoms with E-state index < -0.39 is 0 Å². The number of hydrogen-bond acceptors (Lipinski definition) is 2. The fourth-order valence-corrected chi connectivity index (χ4v) is 1.67. The maximum Gasteiger partial charge on any atom is 0.216 e. The second kappa shape index (κ2) is 4.99. The Hall–Kier alpha value is -1.05. The molecule has 0 aromatic carbocycles. The van der Waals surface area contributed by atoms with Crippen molar-refractivity contribution in [3.63, 3.8) is 0 Å². The van der Waals surface area contributed by atoms with Crippen LogP contribution >= 0.6 is 0 Å². The number of methoxy groups -OCH3 is 1. The second-order valence-electron chi connectivity index (χ2n) is 3.74. The molecule has 14 heavy (non-hydrogen) atoms. The van der Waals surface area contributed by atoms with Gasteiger partial charge in [-0.15, -0.1) is 0 Å². The summed E-state index contributed by atoms with van der Waals surface area (Å²) in [6.07, 6.45) is 2.37. The summed E-state index contributed by atoms with van der Waals surface area (Å²) in [4.78, 5) is 4.37. The van der Waals surface area contributed by atoms with E-state index in [1.165, 1.54) is 18.4 Å². The monoisotopic (exact) mass is 193 g/mol. The molecular formula is C12H19NO. The van der Waals surface area contributed by atoms with Gasteiger partial charge in [0.15, 0.2) is 0 Å². The highest BCUT2D eigenvalue weighted by Gasteiger charge is 2.11. The van der Waals surface area contributed by atoms with Crippen LogP contribution in [0.2, 0.25) is 0 Å². The maximum absolute atomic E-state index is 5.28. The quantitative estimate of drug-likeness (QED) is 0.732. The minimum absolute atomic E-state index is 0.531. The Balaban J connectivity index is 2.95. The van der Waals surface area contributed by atoms with E-state index in [2.05, 4.69) is 24.9 Å². The highest BCUT2D eigenvalue weighted by Crippen LogP contribution is 2.27. The number of aromatic nitrogens is 1. The molecule has 0 aliphatic heterocycles. The average Bonchev–Trinajstić information content (AvgIpc) is 2.17. The first kappa shape index (κ1) is 11.0. The molecular weight excluding hydrogens is 174 g/mol. The van der Waals surface area contributed by atoms with Crippen LogP contribution in [0.5, 0.6) is 5.88 Å².